The van der Waals surface area contributed by atoms with Crippen LogP contribution in [0.1, 0.15) is 11.3 Å². The number of amidine groups is 1. The quantitative estimate of drug-likeness (QED) is 0.168. The summed E-state index contributed by atoms with van der Waals surface area (Å²) in [4.78, 5) is 3.74. The molecule has 6 N–H and O–H groups in total. The van der Waals surface area contributed by atoms with Gasteiger partial charge in [-0.2, -0.15) is 25.9 Å². The molecule has 170 valence electrons. The van der Waals surface area contributed by atoms with E-state index in [0.717, 1.165) is 10.4 Å². The predicted molar refractivity (Wildman–Crippen MR) is 94.9 cm³/mol. The second-order valence-electron chi connectivity index (χ2n) is 6.59. The molecule has 1 aromatic heterocycles. The Kier molecular flexibility index (Phi) is 5.89. The van der Waals surface area contributed by atoms with Crippen molar-refractivity contribution in [3.8, 4) is 0 Å². The van der Waals surface area contributed by atoms with Crippen LogP contribution in [0.5, 0.6) is 0 Å². The van der Waals surface area contributed by atoms with Crippen molar-refractivity contribution in [1.29, 1.82) is 0 Å². The standard InChI is InChI=1S/C14H15F4N7O5S/c15-9-2-1-7(3-8(9)14(16,17)18)21-12(22-27)10-11(24-30-23-10)20-4-13(26)5-25(6-13)31(19,28)29/h1-3,26-27H,4-6H2,(H,20,24)(H,21,22)(H2,19,28,29). The molecule has 2 heterocycles. The van der Waals surface area contributed by atoms with Crippen LogP contribution in [0.3, 0.4) is 0 Å². The summed E-state index contributed by atoms with van der Waals surface area (Å²) in [7, 11) is -3.96. The first kappa shape index (κ1) is 22.8. The van der Waals surface area contributed by atoms with Gasteiger partial charge in [0.15, 0.2) is 11.5 Å². The predicted octanol–water partition coefficient (Wildman–Crippen LogP) is -0.0533. The summed E-state index contributed by atoms with van der Waals surface area (Å²) in [6.45, 7) is -0.837. The van der Waals surface area contributed by atoms with Crippen LogP contribution in [-0.2, 0) is 16.4 Å². The number of aliphatic hydroxyl groups is 1. The van der Waals surface area contributed by atoms with Gasteiger partial charge in [0, 0.05) is 19.6 Å². The first-order chi connectivity index (χ1) is 14.3. The number of nitrogens with one attached hydrogen (secondary N) is 2. The Morgan fingerprint density at radius 2 is 2.03 bits per heavy atom. The average Bonchev–Trinajstić information content (AvgIpc) is 3.10. The van der Waals surface area contributed by atoms with E-state index in [9.17, 15) is 36.3 Å². The first-order valence-electron chi connectivity index (χ1n) is 8.25. The third kappa shape index (κ3) is 5.07. The summed E-state index contributed by atoms with van der Waals surface area (Å²) in [6, 6.07) is 1.91. The maximum Gasteiger partial charge on any atom is 0.419 e. The van der Waals surface area contributed by atoms with Crippen molar-refractivity contribution in [2.75, 3.05) is 25.0 Å². The number of hydroxylamine groups is 1. The summed E-state index contributed by atoms with van der Waals surface area (Å²) in [5.41, 5.74) is -2.09. The lowest BCUT2D eigenvalue weighted by molar-refractivity contribution is -0.139. The van der Waals surface area contributed by atoms with Crippen LogP contribution in [0, 0.1) is 5.82 Å². The highest BCUT2D eigenvalue weighted by molar-refractivity contribution is 7.86. The van der Waals surface area contributed by atoms with Gasteiger partial charge in [-0.05, 0) is 28.5 Å². The van der Waals surface area contributed by atoms with Crippen LogP contribution >= 0.6 is 0 Å². The van der Waals surface area contributed by atoms with Crippen molar-refractivity contribution in [2.45, 2.75) is 11.8 Å². The van der Waals surface area contributed by atoms with Crippen molar-refractivity contribution in [2.24, 2.45) is 10.1 Å². The van der Waals surface area contributed by atoms with E-state index in [4.69, 9.17) is 5.14 Å². The van der Waals surface area contributed by atoms with Crippen LogP contribution in [0.4, 0.5) is 29.1 Å². The normalized spacial score (nSPS) is 17.3. The van der Waals surface area contributed by atoms with E-state index in [1.807, 2.05) is 0 Å². The zero-order valence-electron chi connectivity index (χ0n) is 15.3. The van der Waals surface area contributed by atoms with Crippen molar-refractivity contribution in [3.63, 3.8) is 0 Å². The molecule has 17 heteroatoms. The van der Waals surface area contributed by atoms with Gasteiger partial charge >= 0.3 is 6.18 Å². The average molecular weight is 469 g/mol. The van der Waals surface area contributed by atoms with E-state index in [1.54, 1.807) is 5.48 Å². The third-order valence-corrected chi connectivity index (χ3v) is 5.18. The SMILES string of the molecule is NS(=O)(=O)N1CC(O)(CNc2nonc2C(=Nc2ccc(F)c(C(F)(F)F)c2)NO)C1. The number of β-amino-alcohol motifs (C(OH)–C–C–N with tert-alkyl or cyclic N) is 1. The van der Waals surface area contributed by atoms with Crippen molar-refractivity contribution >= 4 is 27.6 Å². The molecule has 0 saturated carbocycles. The van der Waals surface area contributed by atoms with Crippen LogP contribution in [0.2, 0.25) is 0 Å². The number of hydrogen-bond acceptors (Lipinski definition) is 9. The lowest BCUT2D eigenvalue weighted by atomic mass is 9.97. The van der Waals surface area contributed by atoms with Crippen LogP contribution < -0.4 is 15.9 Å². The summed E-state index contributed by atoms with van der Waals surface area (Å²) < 4.78 is 79.7. The zero-order chi connectivity index (χ0) is 23.0. The fraction of sp³-hybridized carbons (Fsp3) is 0.357. The molecule has 0 bridgehead atoms. The number of anilines is 1. The molecule has 1 fully saturated rings. The number of benzene rings is 1. The summed E-state index contributed by atoms with van der Waals surface area (Å²) in [5, 5.41) is 34.1. The maximum atomic E-state index is 13.4. The van der Waals surface area contributed by atoms with E-state index in [-0.39, 0.29) is 36.8 Å². The number of hydrogen-bond donors (Lipinski definition) is 5. The number of nitrogens with two attached hydrogens (primary N) is 1. The third-order valence-electron chi connectivity index (χ3n) is 4.20. The van der Waals surface area contributed by atoms with Gasteiger partial charge in [-0.25, -0.2) is 19.2 Å². The van der Waals surface area contributed by atoms with Gasteiger partial charge in [0.05, 0.1) is 11.3 Å². The number of aromatic nitrogens is 2. The van der Waals surface area contributed by atoms with Gasteiger partial charge in [0.1, 0.15) is 11.4 Å². The van der Waals surface area contributed by atoms with E-state index in [1.165, 1.54) is 0 Å². The summed E-state index contributed by atoms with van der Waals surface area (Å²) in [6.07, 6.45) is -4.96. The maximum absolute atomic E-state index is 13.4. The van der Waals surface area contributed by atoms with Gasteiger partial charge in [-0.1, -0.05) is 0 Å². The Morgan fingerprint density at radius 3 is 2.61 bits per heavy atom. The van der Waals surface area contributed by atoms with E-state index < -0.39 is 39.2 Å². The molecule has 3 rings (SSSR count). The minimum absolute atomic E-state index is 0.180. The Labute approximate surface area is 171 Å². The molecule has 1 saturated heterocycles. The molecule has 12 nitrogen and oxygen atoms in total. The number of aliphatic imine (C=N–C) groups is 1. The molecule has 2 aromatic rings. The molecular weight excluding hydrogens is 454 g/mol. The molecule has 0 atom stereocenters. The smallest absolute Gasteiger partial charge is 0.385 e. The monoisotopic (exact) mass is 469 g/mol. The Bertz CT molecular complexity index is 1100. The second-order valence-corrected chi connectivity index (χ2v) is 8.13. The fourth-order valence-corrected chi connectivity index (χ4v) is 3.51. The number of nitrogens with zero attached hydrogens (tertiary/aromatic N) is 4. The number of alkyl halides is 3. The van der Waals surface area contributed by atoms with E-state index >= 15 is 0 Å². The van der Waals surface area contributed by atoms with E-state index in [2.05, 4.69) is 25.3 Å². The van der Waals surface area contributed by atoms with Crippen LogP contribution in [0.15, 0.2) is 27.8 Å². The van der Waals surface area contributed by atoms with Crippen LogP contribution in [0.25, 0.3) is 0 Å². The first-order valence-corrected chi connectivity index (χ1v) is 9.75. The van der Waals surface area contributed by atoms with Crippen LogP contribution in [-0.4, -0.2) is 64.4 Å². The molecule has 0 unspecified atom stereocenters. The van der Waals surface area contributed by atoms with Crippen molar-refractivity contribution in [1.82, 2.24) is 20.1 Å². The molecule has 0 radical (unpaired) electrons. The van der Waals surface area contributed by atoms with E-state index in [0.29, 0.717) is 12.1 Å². The van der Waals surface area contributed by atoms with Gasteiger partial charge in [0.25, 0.3) is 10.2 Å². The summed E-state index contributed by atoms with van der Waals surface area (Å²) in [5.74, 6) is -2.19. The Morgan fingerprint density at radius 1 is 1.35 bits per heavy atom. The zero-order valence-corrected chi connectivity index (χ0v) is 16.1. The van der Waals surface area contributed by atoms with Gasteiger partial charge < -0.3 is 10.4 Å². The molecule has 0 spiro atoms. The molecule has 0 amide bonds. The van der Waals surface area contributed by atoms with Gasteiger partial charge in [-0.3, -0.25) is 10.7 Å². The minimum Gasteiger partial charge on any atom is -0.385 e. The second kappa shape index (κ2) is 8.00. The topological polar surface area (TPSA) is 179 Å². The van der Waals surface area contributed by atoms with Crippen molar-refractivity contribution < 1.29 is 40.9 Å². The largest absolute Gasteiger partial charge is 0.419 e. The molecule has 0 aliphatic carbocycles. The number of halogens is 4. The fourth-order valence-electron chi connectivity index (χ4n) is 2.67. The molecule has 1 aliphatic rings. The molecule has 1 aromatic carbocycles. The highest BCUT2D eigenvalue weighted by Crippen LogP contribution is 2.34. The lowest BCUT2D eigenvalue weighted by Crippen LogP contribution is -2.67. The minimum atomic E-state index is -4.96. The summed E-state index contributed by atoms with van der Waals surface area (Å²) >= 11 is 0. The molecule has 1 aliphatic heterocycles. The molecule has 31 heavy (non-hydrogen) atoms. The highest BCUT2D eigenvalue weighted by atomic mass is 32.2. The van der Waals surface area contributed by atoms with Crippen molar-refractivity contribution in [3.05, 3.63) is 35.3 Å². The highest BCUT2D eigenvalue weighted by Gasteiger charge is 2.46. The lowest BCUT2D eigenvalue weighted by Gasteiger charge is -2.44. The molecular formula is C14H15F4N7O5S. The Hall–Kier alpha value is -2.86. The van der Waals surface area contributed by atoms with Gasteiger partial charge in [-0.15, -0.1) is 0 Å². The van der Waals surface area contributed by atoms with Gasteiger partial charge in [0.2, 0.25) is 5.82 Å². The Balaban J connectivity index is 1.79. The number of rotatable bonds is 6.